The van der Waals surface area contributed by atoms with Gasteiger partial charge in [-0.05, 0) is 29.8 Å². The van der Waals surface area contributed by atoms with Gasteiger partial charge in [-0.3, -0.25) is 4.98 Å². The summed E-state index contributed by atoms with van der Waals surface area (Å²) in [5, 5.41) is 0. The second-order valence-corrected chi connectivity index (χ2v) is 6.25. The summed E-state index contributed by atoms with van der Waals surface area (Å²) in [5.74, 6) is 1.02. The summed E-state index contributed by atoms with van der Waals surface area (Å²) in [7, 11) is -3.60. The van der Waals surface area contributed by atoms with Crippen LogP contribution in [0, 0.1) is 0 Å². The highest BCUT2D eigenvalue weighted by molar-refractivity contribution is 7.89. The van der Waals surface area contributed by atoms with Crippen LogP contribution in [0.5, 0.6) is 11.5 Å². The van der Waals surface area contributed by atoms with Crippen molar-refractivity contribution in [1.29, 1.82) is 0 Å². The van der Waals surface area contributed by atoms with Crippen LogP contribution >= 0.6 is 0 Å². The monoisotopic (exact) mass is 306 g/mol. The highest BCUT2D eigenvalue weighted by Crippen LogP contribution is 2.32. The number of ether oxygens (including phenoxy) is 2. The molecule has 2 heterocycles. The third-order valence-electron chi connectivity index (χ3n) is 3.04. The normalized spacial score (nSPS) is 13.9. The quantitative estimate of drug-likeness (QED) is 0.922. The molecule has 0 aliphatic carbocycles. The Hall–Kier alpha value is -2.12. The van der Waals surface area contributed by atoms with Crippen LogP contribution in [0.2, 0.25) is 0 Å². The molecular weight excluding hydrogens is 292 g/mol. The fraction of sp³-hybridized carbons (Fsp3) is 0.214. The zero-order chi connectivity index (χ0) is 14.7. The fourth-order valence-corrected chi connectivity index (χ4v) is 2.99. The van der Waals surface area contributed by atoms with Crippen LogP contribution in [0.15, 0.2) is 47.6 Å². The molecule has 1 N–H and O–H groups in total. The molecule has 110 valence electrons. The van der Waals surface area contributed by atoms with E-state index in [9.17, 15) is 8.42 Å². The minimum absolute atomic E-state index is 0.154. The largest absolute Gasteiger partial charge is 0.486 e. The van der Waals surface area contributed by atoms with Crippen molar-refractivity contribution >= 4 is 10.0 Å². The van der Waals surface area contributed by atoms with Gasteiger partial charge in [0, 0.05) is 25.0 Å². The summed E-state index contributed by atoms with van der Waals surface area (Å²) in [4.78, 5) is 4.04. The smallest absolute Gasteiger partial charge is 0.241 e. The van der Waals surface area contributed by atoms with E-state index >= 15 is 0 Å². The minimum atomic E-state index is -3.60. The van der Waals surface area contributed by atoms with Crippen molar-refractivity contribution in [2.45, 2.75) is 11.4 Å². The molecule has 0 amide bonds. The van der Waals surface area contributed by atoms with Crippen molar-refractivity contribution in [3.05, 3.63) is 48.3 Å². The number of sulfonamides is 1. The average Bonchev–Trinajstić information content (AvgIpc) is 2.53. The maximum absolute atomic E-state index is 12.3. The lowest BCUT2D eigenvalue weighted by Crippen LogP contribution is -2.23. The number of nitrogens with zero attached hydrogens (tertiary/aromatic N) is 1. The van der Waals surface area contributed by atoms with E-state index < -0.39 is 10.0 Å². The summed E-state index contributed by atoms with van der Waals surface area (Å²) < 4.78 is 37.9. The van der Waals surface area contributed by atoms with Crippen molar-refractivity contribution < 1.29 is 17.9 Å². The molecule has 7 heteroatoms. The first-order valence-electron chi connectivity index (χ1n) is 6.43. The van der Waals surface area contributed by atoms with Gasteiger partial charge in [0.1, 0.15) is 13.2 Å². The summed E-state index contributed by atoms with van der Waals surface area (Å²) in [6.07, 6.45) is 3.24. The van der Waals surface area contributed by atoms with E-state index in [4.69, 9.17) is 9.47 Å². The lowest BCUT2D eigenvalue weighted by molar-refractivity contribution is 0.171. The molecule has 0 saturated carbocycles. The highest BCUT2D eigenvalue weighted by Gasteiger charge is 2.19. The van der Waals surface area contributed by atoms with Gasteiger partial charge in [0.2, 0.25) is 10.0 Å². The molecule has 0 spiro atoms. The fourth-order valence-electron chi connectivity index (χ4n) is 1.95. The van der Waals surface area contributed by atoms with Crippen LogP contribution in [0.1, 0.15) is 5.56 Å². The first-order valence-corrected chi connectivity index (χ1v) is 7.92. The van der Waals surface area contributed by atoms with Crippen molar-refractivity contribution in [2.75, 3.05) is 13.2 Å². The van der Waals surface area contributed by atoms with Gasteiger partial charge in [0.05, 0.1) is 4.90 Å². The average molecular weight is 306 g/mol. The van der Waals surface area contributed by atoms with Gasteiger partial charge >= 0.3 is 0 Å². The van der Waals surface area contributed by atoms with E-state index in [2.05, 4.69) is 9.71 Å². The van der Waals surface area contributed by atoms with Crippen molar-refractivity contribution in [3.63, 3.8) is 0 Å². The van der Waals surface area contributed by atoms with Crippen LogP contribution in [0.3, 0.4) is 0 Å². The van der Waals surface area contributed by atoms with Crippen LogP contribution < -0.4 is 14.2 Å². The Morgan fingerprint density at radius 3 is 2.52 bits per heavy atom. The summed E-state index contributed by atoms with van der Waals surface area (Å²) in [5.41, 5.74) is 0.839. The molecule has 1 aliphatic heterocycles. The van der Waals surface area contributed by atoms with Gasteiger partial charge in [-0.15, -0.1) is 0 Å². The van der Waals surface area contributed by atoms with Gasteiger partial charge in [-0.2, -0.15) is 0 Å². The molecule has 0 fully saturated rings. The highest BCUT2D eigenvalue weighted by atomic mass is 32.2. The number of hydrogen-bond donors (Lipinski definition) is 1. The molecule has 6 nitrogen and oxygen atoms in total. The Kier molecular flexibility index (Phi) is 3.76. The second kappa shape index (κ2) is 5.71. The van der Waals surface area contributed by atoms with Crippen LogP contribution in [0.4, 0.5) is 0 Å². The maximum atomic E-state index is 12.3. The number of nitrogens with one attached hydrogen (secondary N) is 1. The predicted molar refractivity (Wildman–Crippen MR) is 75.7 cm³/mol. The molecule has 0 unspecified atom stereocenters. The van der Waals surface area contributed by atoms with Crippen molar-refractivity contribution in [3.8, 4) is 11.5 Å². The molecule has 21 heavy (non-hydrogen) atoms. The van der Waals surface area contributed by atoms with E-state index in [0.717, 1.165) is 5.56 Å². The van der Waals surface area contributed by atoms with E-state index in [1.807, 2.05) is 0 Å². The summed E-state index contributed by atoms with van der Waals surface area (Å²) >= 11 is 0. The Labute approximate surface area is 122 Å². The molecule has 0 saturated heterocycles. The topological polar surface area (TPSA) is 77.5 Å². The Balaban J connectivity index is 1.78. The summed E-state index contributed by atoms with van der Waals surface area (Å²) in [6, 6.07) is 8.10. The van der Waals surface area contributed by atoms with Crippen LogP contribution in [-0.2, 0) is 16.6 Å². The molecule has 1 aliphatic rings. The minimum Gasteiger partial charge on any atom is -0.486 e. The first-order chi connectivity index (χ1) is 10.1. The van der Waals surface area contributed by atoms with Crippen LogP contribution in [0.25, 0.3) is 0 Å². The number of hydrogen-bond acceptors (Lipinski definition) is 5. The van der Waals surface area contributed by atoms with E-state index in [1.54, 1.807) is 30.6 Å². The predicted octanol–water partition coefficient (Wildman–Crippen LogP) is 1.33. The van der Waals surface area contributed by atoms with Crippen molar-refractivity contribution in [1.82, 2.24) is 9.71 Å². The number of aromatic nitrogens is 1. The zero-order valence-corrected chi connectivity index (χ0v) is 12.0. The summed E-state index contributed by atoms with van der Waals surface area (Å²) in [6.45, 7) is 1.10. The molecule has 0 radical (unpaired) electrons. The van der Waals surface area contributed by atoms with E-state index in [-0.39, 0.29) is 11.4 Å². The Morgan fingerprint density at radius 1 is 1.05 bits per heavy atom. The van der Waals surface area contributed by atoms with E-state index in [1.165, 1.54) is 12.1 Å². The Bertz CT molecular complexity index is 732. The first kappa shape index (κ1) is 13.8. The molecular formula is C14H14N2O4S. The number of benzene rings is 1. The van der Waals surface area contributed by atoms with Gasteiger partial charge in [0.25, 0.3) is 0 Å². The van der Waals surface area contributed by atoms with Crippen molar-refractivity contribution in [2.24, 2.45) is 0 Å². The second-order valence-electron chi connectivity index (χ2n) is 4.49. The van der Waals surface area contributed by atoms with Gasteiger partial charge in [-0.1, -0.05) is 0 Å². The third-order valence-corrected chi connectivity index (χ3v) is 4.44. The molecule has 0 atom stereocenters. The van der Waals surface area contributed by atoms with Crippen LogP contribution in [-0.4, -0.2) is 26.6 Å². The number of rotatable bonds is 4. The molecule has 3 rings (SSSR count). The number of fused-ring (bicyclic) bond motifs is 1. The van der Waals surface area contributed by atoms with Gasteiger partial charge < -0.3 is 9.47 Å². The van der Waals surface area contributed by atoms with Gasteiger partial charge in [-0.25, -0.2) is 13.1 Å². The van der Waals surface area contributed by atoms with E-state index in [0.29, 0.717) is 24.7 Å². The maximum Gasteiger partial charge on any atom is 0.241 e. The third kappa shape index (κ3) is 3.14. The molecule has 1 aromatic carbocycles. The molecule has 1 aromatic heterocycles. The molecule has 2 aromatic rings. The standard InChI is InChI=1S/C14H14N2O4S/c17-21(18,16-10-11-3-5-15-6-4-11)12-1-2-13-14(9-12)20-8-7-19-13/h1-6,9,16H,7-8,10H2. The molecule has 0 bridgehead atoms. The lowest BCUT2D eigenvalue weighted by Gasteiger charge is -2.18. The zero-order valence-electron chi connectivity index (χ0n) is 11.2. The SMILES string of the molecule is O=S(=O)(NCc1ccncc1)c1ccc2c(c1)OCCO2. The van der Waals surface area contributed by atoms with Gasteiger partial charge in [0.15, 0.2) is 11.5 Å². The Morgan fingerprint density at radius 2 is 1.76 bits per heavy atom. The lowest BCUT2D eigenvalue weighted by atomic mass is 10.3. The number of pyridine rings is 1.